The number of hydrogen-bond donors (Lipinski definition) is 2. The van der Waals surface area contributed by atoms with Gasteiger partial charge in [-0.05, 0) is 64.7 Å². The average Bonchev–Trinajstić information content (AvgIpc) is 3.24. The molecule has 0 aliphatic carbocycles. The lowest BCUT2D eigenvalue weighted by molar-refractivity contribution is -0.115. The van der Waals surface area contributed by atoms with Crippen LogP contribution in [0.3, 0.4) is 0 Å². The van der Waals surface area contributed by atoms with Gasteiger partial charge in [-0.25, -0.2) is 4.68 Å². The quantitative estimate of drug-likeness (QED) is 0.277. The van der Waals surface area contributed by atoms with E-state index < -0.39 is 11.9 Å². The van der Waals surface area contributed by atoms with Gasteiger partial charge in [-0.2, -0.15) is 4.98 Å². The number of rotatable bonds is 9. The number of allylic oxidation sites excluding steroid dienone is 1. The first-order valence-electron chi connectivity index (χ1n) is 11.0. The Hall–Kier alpha value is -2.40. The first-order valence-corrected chi connectivity index (χ1v) is 13.6. The molecule has 2 heterocycles. The molecule has 1 aromatic heterocycles. The van der Waals surface area contributed by atoms with Crippen molar-refractivity contribution in [3.63, 3.8) is 0 Å². The Morgan fingerprint density at radius 1 is 1.28 bits per heavy atom. The molecule has 12 heteroatoms. The minimum Gasteiger partial charge on any atom is -0.493 e. The maximum Gasteiger partial charge on any atom is 0.248 e. The standard InChI is InChI=1S/C24H24BrCl2N5O3S/c1-4-7-36-24-30-23-29-12(2)19(22(28)33)20(32(23)31-24)14-9-15(25)21(18(10-14)34-3)35-11-13-5-6-16(26)17(27)8-13/h5-6,8-10,20H,4,7,11H2,1-3H3,(H2,28,33)(H,29,30,31). The number of amides is 1. The van der Waals surface area contributed by atoms with Crippen LogP contribution < -0.4 is 20.5 Å². The van der Waals surface area contributed by atoms with Gasteiger partial charge >= 0.3 is 0 Å². The normalized spacial score (nSPS) is 14.9. The molecular weight excluding hydrogens is 589 g/mol. The smallest absolute Gasteiger partial charge is 0.248 e. The van der Waals surface area contributed by atoms with Crippen LogP contribution in [0.5, 0.6) is 11.5 Å². The molecule has 1 aliphatic heterocycles. The molecule has 0 saturated heterocycles. The zero-order valence-electron chi connectivity index (χ0n) is 19.8. The monoisotopic (exact) mass is 611 g/mol. The molecule has 0 spiro atoms. The Morgan fingerprint density at radius 3 is 2.72 bits per heavy atom. The molecule has 1 amide bonds. The number of primary amides is 1. The van der Waals surface area contributed by atoms with Crippen molar-refractivity contribution >= 4 is 62.7 Å². The summed E-state index contributed by atoms with van der Waals surface area (Å²) in [5.74, 6) is 1.84. The Bertz CT molecular complexity index is 1350. The lowest BCUT2D eigenvalue weighted by Gasteiger charge is -2.28. The van der Waals surface area contributed by atoms with E-state index in [2.05, 4.69) is 38.3 Å². The van der Waals surface area contributed by atoms with Crippen molar-refractivity contribution in [2.24, 2.45) is 5.73 Å². The van der Waals surface area contributed by atoms with Crippen LogP contribution in [0.4, 0.5) is 5.95 Å². The Balaban J connectivity index is 1.72. The number of hydrogen-bond acceptors (Lipinski definition) is 7. The predicted octanol–water partition coefficient (Wildman–Crippen LogP) is 6.21. The zero-order valence-corrected chi connectivity index (χ0v) is 23.7. The number of anilines is 1. The number of methoxy groups -OCH3 is 1. The third kappa shape index (κ3) is 5.46. The van der Waals surface area contributed by atoms with Gasteiger partial charge in [0.05, 0.1) is 27.2 Å². The molecule has 3 N–H and O–H groups in total. The predicted molar refractivity (Wildman–Crippen MR) is 146 cm³/mol. The summed E-state index contributed by atoms with van der Waals surface area (Å²) in [6.45, 7) is 4.14. The van der Waals surface area contributed by atoms with Gasteiger partial charge in [0.15, 0.2) is 11.5 Å². The van der Waals surface area contributed by atoms with Gasteiger partial charge in [0.25, 0.3) is 0 Å². The van der Waals surface area contributed by atoms with E-state index in [-0.39, 0.29) is 6.61 Å². The number of carbonyl (C=O) groups excluding carboxylic acids is 1. The van der Waals surface area contributed by atoms with Crippen molar-refractivity contribution in [3.05, 3.63) is 67.2 Å². The van der Waals surface area contributed by atoms with Crippen LogP contribution in [0.1, 0.15) is 37.4 Å². The number of nitrogens with zero attached hydrogens (tertiary/aromatic N) is 3. The highest BCUT2D eigenvalue weighted by atomic mass is 79.9. The van der Waals surface area contributed by atoms with Crippen molar-refractivity contribution < 1.29 is 14.3 Å². The van der Waals surface area contributed by atoms with Crippen LogP contribution in [-0.2, 0) is 11.4 Å². The molecule has 3 aromatic rings. The fourth-order valence-corrected chi connectivity index (χ4v) is 5.41. The van der Waals surface area contributed by atoms with Crippen molar-refractivity contribution in [2.45, 2.75) is 38.1 Å². The van der Waals surface area contributed by atoms with E-state index in [4.69, 9.17) is 38.4 Å². The van der Waals surface area contributed by atoms with Gasteiger partial charge < -0.3 is 20.5 Å². The van der Waals surface area contributed by atoms with Crippen molar-refractivity contribution in [1.82, 2.24) is 14.8 Å². The topological polar surface area (TPSA) is 104 Å². The lowest BCUT2D eigenvalue weighted by atomic mass is 9.95. The lowest BCUT2D eigenvalue weighted by Crippen LogP contribution is -2.31. The molecule has 1 atom stereocenters. The van der Waals surface area contributed by atoms with Crippen LogP contribution in [0, 0.1) is 0 Å². The fourth-order valence-electron chi connectivity index (χ4n) is 3.84. The van der Waals surface area contributed by atoms with Crippen LogP contribution in [0.2, 0.25) is 10.0 Å². The molecule has 1 unspecified atom stereocenters. The summed E-state index contributed by atoms with van der Waals surface area (Å²) in [7, 11) is 1.55. The molecule has 36 heavy (non-hydrogen) atoms. The molecule has 0 radical (unpaired) electrons. The Morgan fingerprint density at radius 2 is 2.06 bits per heavy atom. The van der Waals surface area contributed by atoms with E-state index in [1.54, 1.807) is 42.6 Å². The van der Waals surface area contributed by atoms with Gasteiger partial charge in [-0.3, -0.25) is 4.79 Å². The first kappa shape index (κ1) is 26.7. The second kappa shape index (κ2) is 11.3. The first-order chi connectivity index (χ1) is 17.2. The van der Waals surface area contributed by atoms with E-state index >= 15 is 0 Å². The summed E-state index contributed by atoms with van der Waals surface area (Å²) in [6, 6.07) is 8.38. The highest BCUT2D eigenvalue weighted by Crippen LogP contribution is 2.43. The minimum atomic E-state index is -0.600. The van der Waals surface area contributed by atoms with Gasteiger partial charge in [0.2, 0.25) is 17.0 Å². The summed E-state index contributed by atoms with van der Waals surface area (Å²) in [5.41, 5.74) is 8.40. The van der Waals surface area contributed by atoms with Crippen molar-refractivity contribution in [3.8, 4) is 11.5 Å². The largest absolute Gasteiger partial charge is 0.493 e. The molecule has 8 nitrogen and oxygen atoms in total. The highest BCUT2D eigenvalue weighted by Gasteiger charge is 2.34. The highest BCUT2D eigenvalue weighted by molar-refractivity contribution is 9.10. The van der Waals surface area contributed by atoms with Gasteiger partial charge in [0.1, 0.15) is 12.6 Å². The molecule has 0 bridgehead atoms. The molecule has 190 valence electrons. The van der Waals surface area contributed by atoms with Gasteiger partial charge in [-0.1, -0.05) is 48.0 Å². The van der Waals surface area contributed by atoms with Crippen molar-refractivity contribution in [1.29, 1.82) is 0 Å². The number of nitrogens with one attached hydrogen (secondary N) is 1. The summed E-state index contributed by atoms with van der Waals surface area (Å²) >= 11 is 17.3. The maximum absolute atomic E-state index is 12.5. The van der Waals surface area contributed by atoms with Crippen LogP contribution in [0.15, 0.2) is 51.2 Å². The number of aromatic nitrogens is 3. The molecule has 4 rings (SSSR count). The second-order valence-electron chi connectivity index (χ2n) is 8.01. The number of benzene rings is 2. The van der Waals surface area contributed by atoms with Gasteiger partial charge in [0, 0.05) is 11.4 Å². The van der Waals surface area contributed by atoms with Crippen LogP contribution in [0.25, 0.3) is 0 Å². The number of carbonyl (C=O) groups is 1. The number of thioether (sulfide) groups is 1. The maximum atomic E-state index is 12.5. The Labute approximate surface area is 231 Å². The van der Waals surface area contributed by atoms with E-state index in [0.29, 0.717) is 48.4 Å². The average molecular weight is 613 g/mol. The van der Waals surface area contributed by atoms with E-state index in [0.717, 1.165) is 23.3 Å². The van der Waals surface area contributed by atoms with Crippen LogP contribution in [-0.4, -0.2) is 33.5 Å². The van der Waals surface area contributed by atoms with E-state index in [1.807, 2.05) is 18.2 Å². The van der Waals surface area contributed by atoms with Gasteiger partial charge in [-0.15, -0.1) is 5.10 Å². The molecule has 2 aromatic carbocycles. The van der Waals surface area contributed by atoms with Crippen molar-refractivity contribution in [2.75, 3.05) is 18.2 Å². The molecular formula is C24H24BrCl2N5O3S. The van der Waals surface area contributed by atoms with E-state index in [1.165, 1.54) is 0 Å². The summed E-state index contributed by atoms with van der Waals surface area (Å²) in [6.07, 6.45) is 0.989. The third-order valence-electron chi connectivity index (χ3n) is 5.47. The summed E-state index contributed by atoms with van der Waals surface area (Å²) in [4.78, 5) is 17.1. The summed E-state index contributed by atoms with van der Waals surface area (Å²) in [5, 5.41) is 9.37. The number of nitrogens with two attached hydrogens (primary N) is 1. The molecule has 0 fully saturated rings. The fraction of sp³-hybridized carbons (Fsp3) is 0.292. The molecule has 1 aliphatic rings. The van der Waals surface area contributed by atoms with Crippen LogP contribution >= 0.6 is 50.9 Å². The number of ether oxygens (including phenoxy) is 2. The zero-order chi connectivity index (χ0) is 26.0. The minimum absolute atomic E-state index is 0.245. The summed E-state index contributed by atoms with van der Waals surface area (Å²) < 4.78 is 14.0. The van der Waals surface area contributed by atoms with E-state index in [9.17, 15) is 4.79 Å². The molecule has 0 saturated carbocycles. The third-order valence-corrected chi connectivity index (χ3v) is 7.84. The second-order valence-corrected chi connectivity index (χ2v) is 10.7. The number of halogens is 3. The SMILES string of the molecule is CCCSc1nc2n(n1)C(c1cc(Br)c(OCc3ccc(Cl)c(Cl)c3)c(OC)c1)C(C(N)=O)=C(C)N2. The number of fused-ring (bicyclic) bond motifs is 1. The Kier molecular flexibility index (Phi) is 8.39.